The lowest BCUT2D eigenvalue weighted by Crippen LogP contribution is -2.26. The van der Waals surface area contributed by atoms with E-state index >= 15 is 0 Å². The van der Waals surface area contributed by atoms with Crippen molar-refractivity contribution in [3.63, 3.8) is 0 Å². The smallest absolute Gasteiger partial charge is 0.358 e. The summed E-state index contributed by atoms with van der Waals surface area (Å²) in [5, 5.41) is 5.16. The summed E-state index contributed by atoms with van der Waals surface area (Å²) in [4.78, 5) is 30.5. The molecule has 0 spiro atoms. The predicted octanol–water partition coefficient (Wildman–Crippen LogP) is 5.75. The minimum absolute atomic E-state index is 0.155. The van der Waals surface area contributed by atoms with Crippen LogP contribution in [0, 0.1) is 0 Å². The standard InChI is InChI=1S/C26H22N2O4S/c1-2-31-22-16-10-9-15-20(22)27-24(29)23(18-11-5-3-6-12-18)32-26(30)21-17-33-25(28-21)19-13-7-4-8-14-19/h3-17,23H,2H2,1H3,(H,27,29). The van der Waals surface area contributed by atoms with E-state index in [-0.39, 0.29) is 5.69 Å². The van der Waals surface area contributed by atoms with E-state index in [0.717, 1.165) is 5.56 Å². The van der Waals surface area contributed by atoms with E-state index in [1.165, 1.54) is 11.3 Å². The van der Waals surface area contributed by atoms with Gasteiger partial charge in [-0.05, 0) is 19.1 Å². The van der Waals surface area contributed by atoms with E-state index in [1.54, 1.807) is 47.8 Å². The first-order valence-corrected chi connectivity index (χ1v) is 11.3. The van der Waals surface area contributed by atoms with Gasteiger partial charge < -0.3 is 14.8 Å². The van der Waals surface area contributed by atoms with Crippen LogP contribution in [0.15, 0.2) is 90.3 Å². The Kier molecular flexibility index (Phi) is 7.12. The van der Waals surface area contributed by atoms with Crippen molar-refractivity contribution in [3.05, 3.63) is 102 Å². The van der Waals surface area contributed by atoms with Gasteiger partial charge in [-0.25, -0.2) is 9.78 Å². The zero-order valence-electron chi connectivity index (χ0n) is 17.9. The highest BCUT2D eigenvalue weighted by Gasteiger charge is 2.27. The van der Waals surface area contributed by atoms with Gasteiger partial charge in [0, 0.05) is 16.5 Å². The van der Waals surface area contributed by atoms with Crippen molar-refractivity contribution in [2.45, 2.75) is 13.0 Å². The number of carbonyl (C=O) groups is 2. The zero-order valence-corrected chi connectivity index (χ0v) is 18.7. The molecule has 1 aromatic heterocycles. The third-order valence-corrected chi connectivity index (χ3v) is 5.64. The number of ether oxygens (including phenoxy) is 2. The Morgan fingerprint density at radius 1 is 0.939 bits per heavy atom. The van der Waals surface area contributed by atoms with Crippen molar-refractivity contribution < 1.29 is 19.1 Å². The first-order chi connectivity index (χ1) is 16.2. The molecular weight excluding hydrogens is 436 g/mol. The number of aromatic nitrogens is 1. The second kappa shape index (κ2) is 10.6. The molecule has 0 saturated carbocycles. The average molecular weight is 459 g/mol. The van der Waals surface area contributed by atoms with Gasteiger partial charge in [0.25, 0.3) is 5.91 Å². The second-order valence-corrected chi connectivity index (χ2v) is 7.88. The first-order valence-electron chi connectivity index (χ1n) is 10.4. The lowest BCUT2D eigenvalue weighted by Gasteiger charge is -2.19. The Labute approximate surface area is 195 Å². The lowest BCUT2D eigenvalue weighted by molar-refractivity contribution is -0.125. The van der Waals surface area contributed by atoms with Crippen molar-refractivity contribution in [1.29, 1.82) is 0 Å². The normalized spacial score (nSPS) is 11.4. The number of rotatable bonds is 8. The topological polar surface area (TPSA) is 77.5 Å². The number of hydrogen-bond donors (Lipinski definition) is 1. The number of nitrogens with one attached hydrogen (secondary N) is 1. The molecule has 33 heavy (non-hydrogen) atoms. The van der Waals surface area contributed by atoms with Crippen LogP contribution < -0.4 is 10.1 Å². The molecule has 1 amide bonds. The molecule has 3 aromatic carbocycles. The quantitative estimate of drug-likeness (QED) is 0.341. The van der Waals surface area contributed by atoms with Gasteiger partial charge in [-0.15, -0.1) is 11.3 Å². The van der Waals surface area contributed by atoms with E-state index in [1.807, 2.05) is 49.4 Å². The molecule has 1 unspecified atom stereocenters. The highest BCUT2D eigenvalue weighted by atomic mass is 32.1. The van der Waals surface area contributed by atoms with E-state index in [4.69, 9.17) is 9.47 Å². The Morgan fingerprint density at radius 3 is 2.33 bits per heavy atom. The van der Waals surface area contributed by atoms with Crippen molar-refractivity contribution in [1.82, 2.24) is 4.98 Å². The number of para-hydroxylation sites is 2. The summed E-state index contributed by atoms with van der Waals surface area (Å²) in [6.07, 6.45) is -1.16. The molecule has 0 fully saturated rings. The number of esters is 1. The van der Waals surface area contributed by atoms with Crippen molar-refractivity contribution in [2.24, 2.45) is 0 Å². The first kappa shape index (κ1) is 22.2. The molecule has 166 valence electrons. The molecule has 0 saturated heterocycles. The summed E-state index contributed by atoms with van der Waals surface area (Å²) >= 11 is 1.34. The van der Waals surface area contributed by atoms with E-state index in [9.17, 15) is 9.59 Å². The fourth-order valence-corrected chi connectivity index (χ4v) is 3.99. The maximum atomic E-state index is 13.2. The minimum Gasteiger partial charge on any atom is -0.492 e. The van der Waals surface area contributed by atoms with Gasteiger partial charge in [0.05, 0.1) is 12.3 Å². The van der Waals surface area contributed by atoms with Crippen LogP contribution in [0.25, 0.3) is 10.6 Å². The Hall–Kier alpha value is -3.97. The number of thiazole rings is 1. The van der Waals surface area contributed by atoms with Crippen molar-refractivity contribution in [2.75, 3.05) is 11.9 Å². The molecule has 1 N–H and O–H groups in total. The average Bonchev–Trinajstić information content (AvgIpc) is 3.35. The summed E-state index contributed by atoms with van der Waals surface area (Å²) in [6.45, 7) is 2.32. The number of benzene rings is 3. The van der Waals surface area contributed by atoms with Gasteiger partial charge in [0.15, 0.2) is 5.69 Å². The van der Waals surface area contributed by atoms with E-state index < -0.39 is 18.0 Å². The Balaban J connectivity index is 1.56. The molecule has 0 aliphatic rings. The predicted molar refractivity (Wildman–Crippen MR) is 128 cm³/mol. The fourth-order valence-electron chi connectivity index (χ4n) is 3.20. The number of amides is 1. The van der Waals surface area contributed by atoms with Crippen LogP contribution in [0.2, 0.25) is 0 Å². The molecule has 0 radical (unpaired) electrons. The maximum Gasteiger partial charge on any atom is 0.358 e. The molecule has 0 bridgehead atoms. The van der Waals surface area contributed by atoms with E-state index in [2.05, 4.69) is 10.3 Å². The molecule has 4 aromatic rings. The largest absolute Gasteiger partial charge is 0.492 e. The van der Waals surface area contributed by atoms with Gasteiger partial charge in [-0.2, -0.15) is 0 Å². The zero-order chi connectivity index (χ0) is 23.0. The van der Waals surface area contributed by atoms with Gasteiger partial charge >= 0.3 is 5.97 Å². The summed E-state index contributed by atoms with van der Waals surface area (Å²) in [7, 11) is 0. The molecule has 7 heteroatoms. The molecular formula is C26H22N2O4S. The molecule has 1 heterocycles. The highest BCUT2D eigenvalue weighted by molar-refractivity contribution is 7.13. The maximum absolute atomic E-state index is 13.2. The molecule has 6 nitrogen and oxygen atoms in total. The third kappa shape index (κ3) is 5.45. The number of carbonyl (C=O) groups excluding carboxylic acids is 2. The highest BCUT2D eigenvalue weighted by Crippen LogP contribution is 2.28. The summed E-state index contributed by atoms with van der Waals surface area (Å²) in [5.41, 5.74) is 2.12. The van der Waals surface area contributed by atoms with Gasteiger partial charge in [-0.3, -0.25) is 4.79 Å². The van der Waals surface area contributed by atoms with Crippen LogP contribution >= 0.6 is 11.3 Å². The lowest BCUT2D eigenvalue weighted by atomic mass is 10.1. The van der Waals surface area contributed by atoms with Crippen molar-refractivity contribution >= 4 is 28.9 Å². The number of hydrogen-bond acceptors (Lipinski definition) is 6. The molecule has 0 aliphatic carbocycles. The van der Waals surface area contributed by atoms with E-state index in [0.29, 0.717) is 28.6 Å². The Bertz CT molecular complexity index is 1230. The van der Waals surface area contributed by atoms with Gasteiger partial charge in [0.1, 0.15) is 10.8 Å². The summed E-state index contributed by atoms with van der Waals surface area (Å²) in [6, 6.07) is 25.6. The minimum atomic E-state index is -1.16. The van der Waals surface area contributed by atoms with Crippen LogP contribution in [0.4, 0.5) is 5.69 Å². The molecule has 0 aliphatic heterocycles. The SMILES string of the molecule is CCOc1ccccc1NC(=O)C(OC(=O)c1csc(-c2ccccc2)n1)c1ccccc1. The third-order valence-electron chi connectivity index (χ3n) is 4.74. The van der Waals surface area contributed by atoms with Crippen LogP contribution in [-0.4, -0.2) is 23.5 Å². The number of anilines is 1. The van der Waals surface area contributed by atoms with Crippen LogP contribution in [0.1, 0.15) is 29.1 Å². The molecule has 1 atom stereocenters. The summed E-state index contributed by atoms with van der Waals surface area (Å²) < 4.78 is 11.2. The van der Waals surface area contributed by atoms with Gasteiger partial charge in [-0.1, -0.05) is 72.8 Å². The van der Waals surface area contributed by atoms with Crippen LogP contribution in [-0.2, 0) is 9.53 Å². The van der Waals surface area contributed by atoms with Crippen LogP contribution in [0.5, 0.6) is 5.75 Å². The second-order valence-electron chi connectivity index (χ2n) is 7.02. The van der Waals surface area contributed by atoms with Gasteiger partial charge in [0.2, 0.25) is 6.10 Å². The Morgan fingerprint density at radius 2 is 1.61 bits per heavy atom. The monoisotopic (exact) mass is 458 g/mol. The fraction of sp³-hybridized carbons (Fsp3) is 0.115. The summed E-state index contributed by atoms with van der Waals surface area (Å²) in [5.74, 6) is -0.616. The van der Waals surface area contributed by atoms with Crippen molar-refractivity contribution in [3.8, 4) is 16.3 Å². The number of nitrogens with zero attached hydrogens (tertiary/aromatic N) is 1. The van der Waals surface area contributed by atoms with Crippen LogP contribution in [0.3, 0.4) is 0 Å². The molecule has 4 rings (SSSR count).